The second-order valence-corrected chi connectivity index (χ2v) is 16.1. The van der Waals surface area contributed by atoms with Crippen molar-refractivity contribution in [1.82, 2.24) is 0 Å². The number of phosphoric acid groups is 1. The number of rotatable bonds is 41. The fraction of sp³-hybridized carbons (Fsp3) is 0.860. The SMILES string of the molecule is CCCCC/C=C\C/C=C\CCCCCCCCCCCC(=O)OC(CO)COP(=O)(O)OCC(CO)OC(=O)CCCCCCCCCCCCCC. The largest absolute Gasteiger partial charge is 0.472 e. The molecule has 0 aromatic carbocycles. The van der Waals surface area contributed by atoms with Gasteiger partial charge in [0, 0.05) is 12.8 Å². The number of ether oxygens (including phenoxy) is 2. The Labute approximate surface area is 329 Å². The molecule has 0 aliphatic carbocycles. The minimum atomic E-state index is -4.63. The summed E-state index contributed by atoms with van der Waals surface area (Å²) in [6, 6.07) is 0. The van der Waals surface area contributed by atoms with Crippen LogP contribution in [0.3, 0.4) is 0 Å². The maximum atomic E-state index is 12.3. The van der Waals surface area contributed by atoms with Crippen LogP contribution in [0.15, 0.2) is 24.3 Å². The first-order valence-corrected chi connectivity index (χ1v) is 23.3. The van der Waals surface area contributed by atoms with Gasteiger partial charge in [0.05, 0.1) is 26.4 Å². The molecule has 11 heteroatoms. The molecule has 3 atom stereocenters. The molecule has 0 saturated carbocycles. The van der Waals surface area contributed by atoms with Crippen molar-refractivity contribution in [2.24, 2.45) is 0 Å². The van der Waals surface area contributed by atoms with Gasteiger partial charge in [0.2, 0.25) is 0 Å². The maximum absolute atomic E-state index is 12.3. The summed E-state index contributed by atoms with van der Waals surface area (Å²) in [7, 11) is -4.63. The Morgan fingerprint density at radius 3 is 1.19 bits per heavy atom. The van der Waals surface area contributed by atoms with Gasteiger partial charge in [-0.15, -0.1) is 0 Å². The molecule has 318 valence electrons. The van der Waals surface area contributed by atoms with Crippen molar-refractivity contribution in [1.29, 1.82) is 0 Å². The molecule has 0 aromatic rings. The Balaban J connectivity index is 3.90. The highest BCUT2D eigenvalue weighted by molar-refractivity contribution is 7.47. The molecule has 0 spiro atoms. The predicted molar refractivity (Wildman–Crippen MR) is 219 cm³/mol. The van der Waals surface area contributed by atoms with Crippen LogP contribution in [0, 0.1) is 0 Å². The lowest BCUT2D eigenvalue weighted by molar-refractivity contribution is -0.153. The van der Waals surface area contributed by atoms with Crippen molar-refractivity contribution >= 4 is 19.8 Å². The number of esters is 2. The van der Waals surface area contributed by atoms with Crippen molar-refractivity contribution in [3.05, 3.63) is 24.3 Å². The zero-order valence-electron chi connectivity index (χ0n) is 34.4. The monoisotopic (exact) mass is 789 g/mol. The average Bonchev–Trinajstić information content (AvgIpc) is 3.16. The number of hydrogen-bond acceptors (Lipinski definition) is 9. The summed E-state index contributed by atoms with van der Waals surface area (Å²) in [6.07, 6.45) is 38.6. The molecule has 0 aliphatic heterocycles. The summed E-state index contributed by atoms with van der Waals surface area (Å²) >= 11 is 0. The molecular weight excluding hydrogens is 707 g/mol. The van der Waals surface area contributed by atoms with Gasteiger partial charge >= 0.3 is 19.8 Å². The van der Waals surface area contributed by atoms with Crippen molar-refractivity contribution < 1.29 is 47.8 Å². The second kappa shape index (κ2) is 39.7. The first kappa shape index (κ1) is 52.5. The van der Waals surface area contributed by atoms with Gasteiger partial charge < -0.3 is 24.6 Å². The number of carbonyl (C=O) groups is 2. The first-order valence-electron chi connectivity index (χ1n) is 21.8. The zero-order valence-corrected chi connectivity index (χ0v) is 35.3. The topological polar surface area (TPSA) is 149 Å². The quantitative estimate of drug-likeness (QED) is 0.0236. The van der Waals surface area contributed by atoms with Gasteiger partial charge in [-0.25, -0.2) is 4.57 Å². The van der Waals surface area contributed by atoms with E-state index in [4.69, 9.17) is 18.5 Å². The van der Waals surface area contributed by atoms with Crippen molar-refractivity contribution in [2.75, 3.05) is 26.4 Å². The molecule has 0 rings (SSSR count). The summed E-state index contributed by atoms with van der Waals surface area (Å²) in [6.45, 7) is 2.19. The fourth-order valence-electron chi connectivity index (χ4n) is 6.03. The van der Waals surface area contributed by atoms with E-state index in [0.717, 1.165) is 51.4 Å². The molecule has 10 nitrogen and oxygen atoms in total. The normalized spacial score (nSPS) is 14.1. The standard InChI is InChI=1S/C43H81O10P/c1-3-5-7-9-11-13-15-17-18-19-20-21-22-23-25-27-29-31-33-35-43(47)53-41(37-45)39-51-54(48,49)50-38-40(36-44)52-42(46)34-32-30-28-26-24-16-14-12-10-8-6-4-2/h11,13,17-18,40-41,44-45H,3-10,12,14-16,19-39H2,1-2H3,(H,48,49)/b13-11-,18-17-. The van der Waals surface area contributed by atoms with Gasteiger partial charge in [0.25, 0.3) is 0 Å². The van der Waals surface area contributed by atoms with E-state index in [9.17, 15) is 29.3 Å². The van der Waals surface area contributed by atoms with E-state index >= 15 is 0 Å². The second-order valence-electron chi connectivity index (χ2n) is 14.7. The summed E-state index contributed by atoms with van der Waals surface area (Å²) in [5.41, 5.74) is 0. The van der Waals surface area contributed by atoms with Gasteiger partial charge in [-0.3, -0.25) is 18.6 Å². The molecule has 0 aromatic heterocycles. The third-order valence-electron chi connectivity index (χ3n) is 9.42. The van der Waals surface area contributed by atoms with Gasteiger partial charge in [-0.2, -0.15) is 0 Å². The first-order chi connectivity index (χ1) is 26.3. The van der Waals surface area contributed by atoms with Crippen LogP contribution in [-0.4, -0.2) is 65.7 Å². The van der Waals surface area contributed by atoms with Crippen LogP contribution in [0.1, 0.15) is 200 Å². The van der Waals surface area contributed by atoms with Crippen molar-refractivity contribution in [2.45, 2.75) is 212 Å². The van der Waals surface area contributed by atoms with Crippen molar-refractivity contribution in [3.63, 3.8) is 0 Å². The van der Waals surface area contributed by atoms with E-state index in [1.807, 2.05) is 0 Å². The highest BCUT2D eigenvalue weighted by Crippen LogP contribution is 2.43. The van der Waals surface area contributed by atoms with Crippen LogP contribution in [0.4, 0.5) is 0 Å². The van der Waals surface area contributed by atoms with E-state index in [2.05, 4.69) is 38.2 Å². The Morgan fingerprint density at radius 1 is 0.500 bits per heavy atom. The Hall–Kier alpha value is -1.55. The highest BCUT2D eigenvalue weighted by atomic mass is 31.2. The highest BCUT2D eigenvalue weighted by Gasteiger charge is 2.27. The molecule has 0 bridgehead atoms. The average molecular weight is 789 g/mol. The minimum Gasteiger partial charge on any atom is -0.457 e. The third kappa shape index (κ3) is 37.4. The van der Waals surface area contributed by atoms with E-state index < -0.39 is 58.4 Å². The van der Waals surface area contributed by atoms with Crippen molar-refractivity contribution in [3.8, 4) is 0 Å². The van der Waals surface area contributed by atoms with Crippen LogP contribution in [0.5, 0.6) is 0 Å². The number of aliphatic hydroxyl groups excluding tert-OH is 2. The molecule has 0 heterocycles. The summed E-state index contributed by atoms with van der Waals surface area (Å²) in [5.74, 6) is -1.02. The zero-order chi connectivity index (χ0) is 39.8. The molecule has 0 amide bonds. The number of unbranched alkanes of at least 4 members (excludes halogenated alkanes) is 23. The van der Waals surface area contributed by atoms with Crippen LogP contribution in [0.25, 0.3) is 0 Å². The fourth-order valence-corrected chi connectivity index (χ4v) is 6.81. The number of carbonyl (C=O) groups excluding carboxylic acids is 2. The smallest absolute Gasteiger partial charge is 0.457 e. The Bertz CT molecular complexity index is 957. The van der Waals surface area contributed by atoms with Gasteiger partial charge in [0.1, 0.15) is 12.2 Å². The Kier molecular flexibility index (Phi) is 38.5. The van der Waals surface area contributed by atoms with Gasteiger partial charge in [-0.1, -0.05) is 167 Å². The molecule has 54 heavy (non-hydrogen) atoms. The van der Waals surface area contributed by atoms with E-state index in [0.29, 0.717) is 12.8 Å². The molecule has 0 aliphatic rings. The summed E-state index contributed by atoms with van der Waals surface area (Å²) in [5, 5.41) is 19.1. The van der Waals surface area contributed by atoms with Gasteiger partial charge in [0.15, 0.2) is 0 Å². The lowest BCUT2D eigenvalue weighted by Crippen LogP contribution is -2.28. The number of phosphoric ester groups is 1. The van der Waals surface area contributed by atoms with E-state index in [-0.39, 0.29) is 12.8 Å². The molecule has 0 saturated heterocycles. The number of aliphatic hydroxyl groups is 2. The molecule has 3 unspecified atom stereocenters. The lowest BCUT2D eigenvalue weighted by atomic mass is 10.0. The molecule has 3 N–H and O–H groups in total. The van der Waals surface area contributed by atoms with Crippen LogP contribution in [-0.2, 0) is 32.7 Å². The third-order valence-corrected chi connectivity index (χ3v) is 10.4. The van der Waals surface area contributed by atoms with Crippen LogP contribution in [0.2, 0.25) is 0 Å². The minimum absolute atomic E-state index is 0.189. The number of allylic oxidation sites excluding steroid dienone is 4. The molecule has 0 fully saturated rings. The van der Waals surface area contributed by atoms with Gasteiger partial charge in [-0.05, 0) is 44.9 Å². The summed E-state index contributed by atoms with van der Waals surface area (Å²) < 4.78 is 32.5. The van der Waals surface area contributed by atoms with Crippen LogP contribution >= 0.6 is 7.82 Å². The summed E-state index contributed by atoms with van der Waals surface area (Å²) in [4.78, 5) is 34.5. The molecule has 0 radical (unpaired) electrons. The number of hydrogen-bond donors (Lipinski definition) is 3. The lowest BCUT2D eigenvalue weighted by Gasteiger charge is -2.20. The predicted octanol–water partition coefficient (Wildman–Crippen LogP) is 11.4. The maximum Gasteiger partial charge on any atom is 0.472 e. The molecular formula is C43H81O10P. The Morgan fingerprint density at radius 2 is 0.815 bits per heavy atom. The van der Waals surface area contributed by atoms with E-state index in [1.54, 1.807) is 0 Å². The van der Waals surface area contributed by atoms with Crippen LogP contribution < -0.4 is 0 Å². The van der Waals surface area contributed by atoms with E-state index in [1.165, 1.54) is 109 Å².